The molecule has 4 heterocycles. The Kier molecular flexibility index (Phi) is 18.3. The van der Waals surface area contributed by atoms with Crippen LogP contribution < -0.4 is 43.1 Å². The Morgan fingerprint density at radius 3 is 2.35 bits per heavy atom. The Bertz CT molecular complexity index is 3840. The number of aliphatic carboxylic acids is 2. The first-order valence-electron chi connectivity index (χ1n) is 26.8. The lowest BCUT2D eigenvalue weighted by atomic mass is 9.71. The number of hydrogen-bond acceptors (Lipinski definition) is 26. The van der Waals surface area contributed by atoms with Gasteiger partial charge >= 0.3 is 11.9 Å². The molecule has 2 aromatic heterocycles. The Morgan fingerprint density at radius 2 is 1.66 bits per heavy atom. The fraction of sp³-hybridized carbons (Fsp3) is 0.345. The molecule has 33 heteroatoms. The summed E-state index contributed by atoms with van der Waals surface area (Å²) in [6.07, 6.45) is -4.05. The predicted molar refractivity (Wildman–Crippen MR) is 304 cm³/mol. The number of anilines is 2. The van der Waals surface area contributed by atoms with Crippen molar-refractivity contribution in [2.45, 2.75) is 92.9 Å². The number of aromatic nitrogens is 4. The lowest BCUT2D eigenvalue weighted by Gasteiger charge is -2.41. The molecule has 0 spiro atoms. The van der Waals surface area contributed by atoms with Crippen molar-refractivity contribution in [1.29, 1.82) is 0 Å². The number of imide groups is 1. The molecule has 1 fully saturated rings. The molecule has 88 heavy (non-hydrogen) atoms. The molecule has 1 saturated heterocycles. The molecule has 0 saturated carbocycles. The summed E-state index contributed by atoms with van der Waals surface area (Å²) < 4.78 is 17.0. The first-order chi connectivity index (χ1) is 41.9. The number of nitrogen functional groups attached to an aromatic ring is 1. The highest BCUT2D eigenvalue weighted by Crippen LogP contribution is 2.52. The van der Waals surface area contributed by atoms with Crippen LogP contribution in [0.4, 0.5) is 11.6 Å². The molecule has 0 bridgehead atoms. The van der Waals surface area contributed by atoms with Gasteiger partial charge in [-0.1, -0.05) is 12.1 Å². The summed E-state index contributed by atoms with van der Waals surface area (Å²) in [6.45, 7) is -1.46. The number of nitrogens with zero attached hydrogens (tertiary/aromatic N) is 5. The number of phenols is 2. The average molecular weight is 1240 g/mol. The highest BCUT2D eigenvalue weighted by Gasteiger charge is 2.50. The molecule has 2 unspecified atom stereocenters. The van der Waals surface area contributed by atoms with E-state index in [0.29, 0.717) is 11.4 Å². The number of carboxylic acids is 2. The van der Waals surface area contributed by atoms with E-state index in [-0.39, 0.29) is 69.4 Å². The number of hydrazone groups is 1. The first-order valence-corrected chi connectivity index (χ1v) is 27.8. The number of aliphatic hydroxyl groups excluding tert-OH is 2. The summed E-state index contributed by atoms with van der Waals surface area (Å²) in [5.41, 5.74) is 9.10. The fourth-order valence-corrected chi connectivity index (χ4v) is 11.4. The molecule has 7 atom stereocenters. The van der Waals surface area contributed by atoms with E-state index in [1.807, 2.05) is 0 Å². The molecule has 2 aliphatic carbocycles. The van der Waals surface area contributed by atoms with Crippen molar-refractivity contribution in [2.75, 3.05) is 37.1 Å². The highest BCUT2D eigenvalue weighted by atomic mass is 32.2. The van der Waals surface area contributed by atoms with Crippen LogP contribution in [-0.2, 0) is 51.2 Å². The number of ether oxygens (including phenoxy) is 3. The van der Waals surface area contributed by atoms with Crippen LogP contribution in [0.3, 0.4) is 0 Å². The van der Waals surface area contributed by atoms with Crippen LogP contribution in [0.25, 0.3) is 11.2 Å². The Hall–Kier alpha value is -10.1. The van der Waals surface area contributed by atoms with Crippen molar-refractivity contribution >= 4 is 93.3 Å². The van der Waals surface area contributed by atoms with E-state index in [1.54, 1.807) is 0 Å². The Labute approximate surface area is 499 Å². The zero-order chi connectivity index (χ0) is 63.5. The number of nitrogens with two attached hydrogens (primary N) is 2. The largest absolute Gasteiger partial charge is 0.507 e. The fourth-order valence-electron chi connectivity index (χ4n) is 10.3. The third-order valence-electron chi connectivity index (χ3n) is 14.8. The molecule has 3 aromatic carbocycles. The van der Waals surface area contributed by atoms with Gasteiger partial charge in [-0.15, -0.1) is 11.8 Å². The minimum Gasteiger partial charge on any atom is -0.507 e. The number of benzene rings is 3. The van der Waals surface area contributed by atoms with Gasteiger partial charge in [0.1, 0.15) is 47.0 Å². The summed E-state index contributed by atoms with van der Waals surface area (Å²) >= 11 is 0.721. The van der Waals surface area contributed by atoms with Gasteiger partial charge in [-0.2, -0.15) is 10.1 Å². The lowest BCUT2D eigenvalue weighted by Crippen LogP contribution is -2.49. The van der Waals surface area contributed by atoms with Gasteiger partial charge in [-0.25, -0.2) is 25.0 Å². The van der Waals surface area contributed by atoms with Crippen LogP contribution in [0.5, 0.6) is 17.2 Å². The van der Waals surface area contributed by atoms with Gasteiger partial charge < -0.3 is 77.4 Å². The molecular weight excluding hydrogens is 1180 g/mol. The van der Waals surface area contributed by atoms with E-state index < -0.39 is 186 Å². The van der Waals surface area contributed by atoms with Gasteiger partial charge in [0.05, 0.1) is 71.9 Å². The summed E-state index contributed by atoms with van der Waals surface area (Å²) in [7, 11) is 1.27. The number of aliphatic hydroxyl groups is 3. The molecule has 5 amide bonds. The smallest absolute Gasteiger partial charge is 0.327 e. The van der Waals surface area contributed by atoms with Crippen LogP contribution in [0, 0.1) is 0 Å². The second-order valence-corrected chi connectivity index (χ2v) is 21.8. The number of ketones is 2. The topological polar surface area (TPSA) is 510 Å². The number of H-pyrrole nitrogens is 1. The van der Waals surface area contributed by atoms with E-state index in [4.69, 9.17) is 25.7 Å². The second-order valence-electron chi connectivity index (χ2n) is 20.6. The van der Waals surface area contributed by atoms with Gasteiger partial charge in [0, 0.05) is 78.8 Å². The van der Waals surface area contributed by atoms with E-state index in [1.165, 1.54) is 55.8 Å². The van der Waals surface area contributed by atoms with E-state index in [2.05, 4.69) is 46.4 Å². The molecule has 4 aliphatic rings. The van der Waals surface area contributed by atoms with E-state index in [9.17, 15) is 83.7 Å². The molecular formula is C55H56N12O20S. The van der Waals surface area contributed by atoms with Crippen molar-refractivity contribution in [2.24, 2.45) is 10.8 Å². The van der Waals surface area contributed by atoms with Crippen LogP contribution >= 0.6 is 11.8 Å². The maximum atomic E-state index is 14.1. The lowest BCUT2D eigenvalue weighted by molar-refractivity contribution is -0.170. The SMILES string of the molecule is COc1cccc2c1C(=O)c1c(O)c3c(c(O)c1C2=O)C[C@@](O)(/C(CO)=N\NC(=O)CCN1C(=O)CC(SC[C@H](NC(=O)CC[C@H](NC(=O)c2ccc(NCc4cnc5nc(N)[nH]c(=O)c5n4)cc2)C(=O)O)C(=O)O)C1=O)C[C@@H]3O[C@H]1CC(N)C(O)=CO1. The maximum absolute atomic E-state index is 14.1. The summed E-state index contributed by atoms with van der Waals surface area (Å²) in [5.74, 6) is -11.5. The first kappa shape index (κ1) is 62.4. The standard InChI is InChI=1S/C55H56N12O20S/c1-85-31-4-2-3-25-39(31)46(75)42-41(44(25)73)45(74)26-15-55(84,16-32(40(26)47(42)76)87-38-13-27(56)30(69)20-86-38)34(19-68)65-66-36(71)11-12-67-37(72)14-33(51(67)79)88-21-29(53(82)83)61-35(70)10-9-28(52(80)81)62-49(77)22-5-7-23(8-6-22)58-17-24-18-59-48-43(60-24)50(78)64-54(57)63-48/h2-8,18,20,27-29,32-33,38,58,68-69,74,76,84H,9-17,19,21,56H2,1H3,(H,61,70)(H,62,77)(H,66,71)(H,80,81)(H,82,83)(H3,57,59,63,64,78)/b65-34-/t27?,28-,29-,32-,33?,38-,55-/m0/s1. The number of aromatic hydroxyl groups is 2. The molecule has 5 aromatic rings. The summed E-state index contributed by atoms with van der Waals surface area (Å²) in [5, 5.41) is 87.0. The molecule has 0 radical (unpaired) electrons. The number of methoxy groups -OCH3 is 1. The number of thioether (sulfide) groups is 1. The van der Waals surface area contributed by atoms with Gasteiger partial charge in [0.2, 0.25) is 41.7 Å². The molecule has 462 valence electrons. The van der Waals surface area contributed by atoms with Crippen LogP contribution in [0.2, 0.25) is 0 Å². The number of amides is 5. The molecule has 9 rings (SSSR count). The third kappa shape index (κ3) is 13.0. The zero-order valence-corrected chi connectivity index (χ0v) is 47.0. The summed E-state index contributed by atoms with van der Waals surface area (Å²) in [6, 6.07) is 5.80. The number of carbonyl (C=O) groups is 9. The van der Waals surface area contributed by atoms with Crippen molar-refractivity contribution < 1.29 is 93.1 Å². The van der Waals surface area contributed by atoms with Gasteiger partial charge in [-0.3, -0.25) is 48.2 Å². The predicted octanol–water partition coefficient (Wildman–Crippen LogP) is -0.741. The number of aromatic amines is 1. The molecule has 32 nitrogen and oxygen atoms in total. The minimum atomic E-state index is -2.37. The van der Waals surface area contributed by atoms with E-state index >= 15 is 0 Å². The number of likely N-dealkylation sites (tertiary alicyclic amines) is 1. The number of phenolic OH excluding ortho intramolecular Hbond substituents is 2. The normalized spacial score (nSPS) is 20.4. The Balaban J connectivity index is 0.776. The van der Waals surface area contributed by atoms with Crippen molar-refractivity contribution in [1.82, 2.24) is 40.9 Å². The van der Waals surface area contributed by atoms with Crippen LogP contribution in [-0.4, -0.2) is 181 Å². The van der Waals surface area contributed by atoms with Gasteiger partial charge in [-0.05, 0) is 36.8 Å². The maximum Gasteiger partial charge on any atom is 0.327 e. The van der Waals surface area contributed by atoms with Crippen molar-refractivity contribution in [3.05, 3.63) is 116 Å². The molecule has 2 aliphatic heterocycles. The monoisotopic (exact) mass is 1240 g/mol. The summed E-state index contributed by atoms with van der Waals surface area (Å²) in [4.78, 5) is 146. The van der Waals surface area contributed by atoms with Crippen LogP contribution in [0.1, 0.15) is 104 Å². The number of carboxylic acid groups (broad SMARTS) is 2. The number of hydrogen-bond donors (Lipinski definition) is 14. The zero-order valence-electron chi connectivity index (χ0n) is 46.2. The minimum absolute atomic E-state index is 0.00363. The van der Waals surface area contributed by atoms with Crippen LogP contribution in [0.15, 0.2) is 70.6 Å². The highest BCUT2D eigenvalue weighted by molar-refractivity contribution is 8.00. The van der Waals surface area contributed by atoms with Gasteiger partial charge in [0.15, 0.2) is 16.9 Å². The average Bonchev–Trinajstić information content (AvgIpc) is 0.804. The van der Waals surface area contributed by atoms with Crippen molar-refractivity contribution in [3.63, 3.8) is 0 Å². The number of rotatable bonds is 23. The number of fused-ring (bicyclic) bond motifs is 4. The second kappa shape index (κ2) is 25.9. The Morgan fingerprint density at radius 1 is 0.932 bits per heavy atom. The number of nitrogens with one attached hydrogen (secondary N) is 5. The third-order valence-corrected chi connectivity index (χ3v) is 16.1. The molecule has 16 N–H and O–H groups in total. The van der Waals surface area contributed by atoms with Crippen molar-refractivity contribution in [3.8, 4) is 17.2 Å². The van der Waals surface area contributed by atoms with Gasteiger partial charge in [0.25, 0.3) is 11.5 Å². The quantitative estimate of drug-likeness (QED) is 0.0163. The number of carbonyl (C=O) groups excluding carboxylic acids is 7. The van der Waals surface area contributed by atoms with E-state index in [0.717, 1.165) is 22.9 Å².